The lowest BCUT2D eigenvalue weighted by Gasteiger charge is -2.15. The molecule has 3 rings (SSSR count). The molecule has 0 spiro atoms. The fourth-order valence-electron chi connectivity index (χ4n) is 2.29. The van der Waals surface area contributed by atoms with E-state index in [4.69, 9.17) is 28.0 Å². The molecule has 0 saturated heterocycles. The molecule has 1 fully saturated rings. The van der Waals surface area contributed by atoms with E-state index < -0.39 is 18.0 Å². The Morgan fingerprint density at radius 1 is 1.32 bits per heavy atom. The number of rotatable bonds is 3. The number of carboxylic acid groups (broad SMARTS) is 1. The molecule has 5 nitrogen and oxygen atoms in total. The lowest BCUT2D eigenvalue weighted by atomic mass is 9.90. The van der Waals surface area contributed by atoms with Crippen molar-refractivity contribution in [3.63, 3.8) is 0 Å². The van der Waals surface area contributed by atoms with Gasteiger partial charge in [0.25, 0.3) is 0 Å². The first-order chi connectivity index (χ1) is 9.09. The van der Waals surface area contributed by atoms with Gasteiger partial charge >= 0.3 is 5.97 Å². The van der Waals surface area contributed by atoms with Gasteiger partial charge in [-0.3, -0.25) is 9.78 Å². The predicted molar refractivity (Wildman–Crippen MR) is 69.5 cm³/mol. The highest BCUT2D eigenvalue weighted by Crippen LogP contribution is 2.42. The van der Waals surface area contributed by atoms with Crippen molar-refractivity contribution in [2.45, 2.75) is 18.9 Å². The molecule has 0 aromatic carbocycles. The van der Waals surface area contributed by atoms with Gasteiger partial charge in [0.15, 0.2) is 0 Å². The van der Waals surface area contributed by atoms with Crippen molar-refractivity contribution in [1.82, 2.24) is 4.98 Å². The number of hydrogen-bond donors (Lipinski definition) is 1. The predicted octanol–water partition coefficient (Wildman–Crippen LogP) is 2.60. The molecule has 0 amide bonds. The molecular weight excluding hydrogens is 291 g/mol. The number of halogens is 2. The summed E-state index contributed by atoms with van der Waals surface area (Å²) in [5, 5.41) is 13.9. The van der Waals surface area contributed by atoms with Crippen LogP contribution in [0.25, 0.3) is 0 Å². The van der Waals surface area contributed by atoms with Gasteiger partial charge in [0.05, 0.1) is 10.0 Å². The van der Waals surface area contributed by atoms with Gasteiger partial charge in [0.1, 0.15) is 17.7 Å². The largest absolute Gasteiger partial charge is 0.481 e. The average Bonchev–Trinajstić information content (AvgIpc) is 3.09. The zero-order chi connectivity index (χ0) is 13.6. The molecule has 1 aromatic heterocycles. The van der Waals surface area contributed by atoms with E-state index in [2.05, 4.69) is 10.1 Å². The van der Waals surface area contributed by atoms with Gasteiger partial charge < -0.3 is 9.94 Å². The molecule has 1 aliphatic heterocycles. The fourth-order valence-corrected chi connectivity index (χ4v) is 2.85. The van der Waals surface area contributed by atoms with Crippen molar-refractivity contribution in [3.05, 3.63) is 28.0 Å². The lowest BCUT2D eigenvalue weighted by Crippen LogP contribution is -2.33. The molecular formula is C12H10Cl2N2O3. The summed E-state index contributed by atoms with van der Waals surface area (Å²) in [6, 6.07) is 0. The normalized spacial score (nSPS) is 25.9. The van der Waals surface area contributed by atoms with Crippen molar-refractivity contribution < 1.29 is 14.7 Å². The first-order valence-electron chi connectivity index (χ1n) is 5.85. The third kappa shape index (κ3) is 2.17. The first-order valence-corrected chi connectivity index (χ1v) is 6.61. The number of pyridine rings is 1. The van der Waals surface area contributed by atoms with Gasteiger partial charge in [-0.05, 0) is 18.8 Å². The van der Waals surface area contributed by atoms with Crippen LogP contribution in [0.1, 0.15) is 18.4 Å². The van der Waals surface area contributed by atoms with Crippen LogP contribution in [0.3, 0.4) is 0 Å². The number of carbonyl (C=O) groups is 1. The maximum absolute atomic E-state index is 11.5. The Morgan fingerprint density at radius 3 is 2.47 bits per heavy atom. The molecule has 2 aliphatic rings. The number of carboxylic acids is 1. The van der Waals surface area contributed by atoms with Crippen molar-refractivity contribution in [2.75, 3.05) is 0 Å². The van der Waals surface area contributed by atoms with Gasteiger partial charge in [-0.1, -0.05) is 28.4 Å². The van der Waals surface area contributed by atoms with E-state index in [1.54, 1.807) is 0 Å². The molecule has 100 valence electrons. The number of aliphatic carboxylic acids is 1. The van der Waals surface area contributed by atoms with Gasteiger partial charge in [0, 0.05) is 18.0 Å². The van der Waals surface area contributed by atoms with Crippen molar-refractivity contribution >= 4 is 34.9 Å². The van der Waals surface area contributed by atoms with Crippen molar-refractivity contribution in [3.8, 4) is 0 Å². The van der Waals surface area contributed by atoms with Crippen LogP contribution in [0.15, 0.2) is 17.5 Å². The van der Waals surface area contributed by atoms with E-state index in [-0.39, 0.29) is 21.7 Å². The Hall–Kier alpha value is -1.33. The zero-order valence-corrected chi connectivity index (χ0v) is 11.2. The van der Waals surface area contributed by atoms with Crippen LogP contribution in [0, 0.1) is 11.8 Å². The summed E-state index contributed by atoms with van der Waals surface area (Å²) in [4.78, 5) is 20.6. The van der Waals surface area contributed by atoms with E-state index in [1.165, 1.54) is 12.4 Å². The second kappa shape index (κ2) is 4.65. The number of nitrogens with zero attached hydrogens (tertiary/aromatic N) is 2. The summed E-state index contributed by atoms with van der Waals surface area (Å²) in [5.41, 5.74) is 0.677. The topological polar surface area (TPSA) is 71.8 Å². The molecule has 2 heterocycles. The maximum Gasteiger partial charge on any atom is 0.316 e. The van der Waals surface area contributed by atoms with Crippen LogP contribution in [0.4, 0.5) is 0 Å². The Balaban J connectivity index is 2.02. The second-order valence-electron chi connectivity index (χ2n) is 4.68. The summed E-state index contributed by atoms with van der Waals surface area (Å²) in [5.74, 6) is -1.55. The van der Waals surface area contributed by atoms with E-state index >= 15 is 0 Å². The van der Waals surface area contributed by atoms with Crippen LogP contribution in [0.5, 0.6) is 0 Å². The molecule has 19 heavy (non-hydrogen) atoms. The van der Waals surface area contributed by atoms with Gasteiger partial charge in [0.2, 0.25) is 0 Å². The Labute approximate surface area is 119 Å². The third-order valence-electron chi connectivity index (χ3n) is 3.36. The fraction of sp³-hybridized carbons (Fsp3) is 0.417. The Bertz CT molecular complexity index is 552. The maximum atomic E-state index is 11.5. The van der Waals surface area contributed by atoms with Crippen molar-refractivity contribution in [1.29, 1.82) is 0 Å². The SMILES string of the molecule is O=C(O)C1C(c2c(Cl)cncc2Cl)=NOC1C1CC1. The van der Waals surface area contributed by atoms with E-state index in [1.807, 2.05) is 0 Å². The molecule has 0 bridgehead atoms. The highest BCUT2D eigenvalue weighted by molar-refractivity contribution is 6.40. The number of hydrogen-bond acceptors (Lipinski definition) is 4. The minimum absolute atomic E-state index is 0.252. The average molecular weight is 301 g/mol. The molecule has 2 unspecified atom stereocenters. The summed E-state index contributed by atoms with van der Waals surface area (Å²) < 4.78 is 0. The van der Waals surface area contributed by atoms with Crippen LogP contribution in [0.2, 0.25) is 10.0 Å². The molecule has 1 aromatic rings. The highest BCUT2D eigenvalue weighted by atomic mass is 35.5. The van der Waals surface area contributed by atoms with Crippen LogP contribution in [-0.2, 0) is 9.63 Å². The zero-order valence-electron chi connectivity index (χ0n) is 9.72. The minimum atomic E-state index is -0.975. The molecule has 1 N–H and O–H groups in total. The number of oxime groups is 1. The minimum Gasteiger partial charge on any atom is -0.481 e. The number of aromatic nitrogens is 1. The standard InChI is InChI=1S/C12H10Cl2N2O3/c13-6-3-15-4-7(14)8(6)10-9(12(17)18)11(19-16-10)5-1-2-5/h3-5,9,11H,1-2H2,(H,17,18). The molecule has 1 saturated carbocycles. The molecule has 0 radical (unpaired) electrons. The van der Waals surface area contributed by atoms with Crippen LogP contribution in [-0.4, -0.2) is 27.9 Å². The highest BCUT2D eigenvalue weighted by Gasteiger charge is 2.49. The molecule has 2 atom stereocenters. The smallest absolute Gasteiger partial charge is 0.316 e. The lowest BCUT2D eigenvalue weighted by molar-refractivity contribution is -0.142. The van der Waals surface area contributed by atoms with Gasteiger partial charge in [-0.2, -0.15) is 0 Å². The third-order valence-corrected chi connectivity index (χ3v) is 3.93. The molecule has 1 aliphatic carbocycles. The van der Waals surface area contributed by atoms with E-state index in [0.717, 1.165) is 12.8 Å². The Kier molecular flexibility index (Phi) is 3.11. The van der Waals surface area contributed by atoms with E-state index in [0.29, 0.717) is 5.56 Å². The monoisotopic (exact) mass is 300 g/mol. The van der Waals surface area contributed by atoms with Crippen LogP contribution >= 0.6 is 23.2 Å². The Morgan fingerprint density at radius 2 is 1.95 bits per heavy atom. The summed E-state index contributed by atoms with van der Waals surface area (Å²) in [7, 11) is 0. The summed E-state index contributed by atoms with van der Waals surface area (Å²) >= 11 is 12.1. The molecule has 7 heteroatoms. The summed E-state index contributed by atoms with van der Waals surface area (Å²) in [6.07, 6.45) is 4.33. The van der Waals surface area contributed by atoms with E-state index in [9.17, 15) is 9.90 Å². The summed E-state index contributed by atoms with van der Waals surface area (Å²) in [6.45, 7) is 0. The van der Waals surface area contributed by atoms with Gasteiger partial charge in [-0.15, -0.1) is 0 Å². The first kappa shape index (κ1) is 12.7. The quantitative estimate of drug-likeness (QED) is 0.931. The van der Waals surface area contributed by atoms with Crippen LogP contribution < -0.4 is 0 Å². The van der Waals surface area contributed by atoms with Crippen molar-refractivity contribution in [2.24, 2.45) is 17.0 Å². The van der Waals surface area contributed by atoms with Gasteiger partial charge in [-0.25, -0.2) is 0 Å². The second-order valence-corrected chi connectivity index (χ2v) is 5.49.